The number of aldehydes is 1. The highest BCUT2D eigenvalue weighted by atomic mass is 19.4. The van der Waals surface area contributed by atoms with Crippen LogP contribution in [0.25, 0.3) is 11.1 Å². The summed E-state index contributed by atoms with van der Waals surface area (Å²) >= 11 is 0. The van der Waals surface area contributed by atoms with Crippen molar-refractivity contribution in [3.8, 4) is 22.6 Å². The summed E-state index contributed by atoms with van der Waals surface area (Å²) < 4.78 is 31.2. The number of alkyl halides is 3. The number of aromatic hydroxyl groups is 2. The standard InChI is InChI=1S/C23H25N3O7.C2HF3O/c1-11-6-19(29)21(26-20(30)10-24)13-3-5-18(28)15(9-13)14-7-12(2-4-17(14)27)8-16(23(32)33)25-22(11)31;3-2(4,5)1-6/h2-5,7,9,11,16,21,27-28H,6,8,10,24H2,1H3,(H,25,31)(H,26,30)(H,32,33);1H/p+1/t11-,16+,21+;/m1./s1. The van der Waals surface area contributed by atoms with E-state index in [0.29, 0.717) is 11.1 Å². The van der Waals surface area contributed by atoms with E-state index in [-0.39, 0.29) is 42.0 Å². The number of carboxylic acids is 1. The molecule has 3 atom stereocenters. The number of hydrogen-bond donors (Lipinski definition) is 6. The van der Waals surface area contributed by atoms with Gasteiger partial charge in [0.15, 0.2) is 12.3 Å². The molecule has 0 radical (unpaired) electrons. The Morgan fingerprint density at radius 2 is 1.64 bits per heavy atom. The van der Waals surface area contributed by atoms with Gasteiger partial charge in [0.25, 0.3) is 5.91 Å². The number of rotatable bonds is 3. The number of benzene rings is 2. The van der Waals surface area contributed by atoms with Crippen molar-refractivity contribution in [2.75, 3.05) is 6.54 Å². The number of aliphatic carboxylic acids is 1. The number of carbonyl (C=O) groups excluding carboxylic acids is 4. The van der Waals surface area contributed by atoms with Gasteiger partial charge in [-0.05, 0) is 35.4 Å². The van der Waals surface area contributed by atoms with Gasteiger partial charge in [0, 0.05) is 29.9 Å². The number of carbonyl (C=O) groups is 5. The molecule has 0 saturated carbocycles. The molecule has 1 aliphatic rings. The number of halogens is 3. The molecule has 4 bridgehead atoms. The highest BCUT2D eigenvalue weighted by Gasteiger charge is 2.30. The molecule has 0 spiro atoms. The van der Waals surface area contributed by atoms with E-state index in [0.717, 1.165) is 0 Å². The fourth-order valence-corrected chi connectivity index (χ4v) is 3.72. The normalized spacial score (nSPS) is 19.5. The third-order valence-corrected chi connectivity index (χ3v) is 5.70. The number of amides is 2. The first-order valence-corrected chi connectivity index (χ1v) is 11.5. The van der Waals surface area contributed by atoms with Gasteiger partial charge in [0.05, 0.1) is 0 Å². The number of Topliss-reactive ketones (excluding diaryl/α,β-unsaturated/α-hetero) is 1. The van der Waals surface area contributed by atoms with Gasteiger partial charge in [-0.2, -0.15) is 13.2 Å². The first-order chi connectivity index (χ1) is 18.2. The lowest BCUT2D eigenvalue weighted by Gasteiger charge is -2.23. The maximum absolute atomic E-state index is 13.1. The molecule has 14 heteroatoms. The number of phenols is 2. The molecule has 11 nitrogen and oxygen atoms in total. The van der Waals surface area contributed by atoms with Crippen LogP contribution in [-0.2, 0) is 30.4 Å². The Kier molecular flexibility index (Phi) is 10.1. The van der Waals surface area contributed by atoms with E-state index in [1.165, 1.54) is 43.3 Å². The van der Waals surface area contributed by atoms with Crippen molar-refractivity contribution in [3.63, 3.8) is 0 Å². The van der Waals surface area contributed by atoms with Crippen LogP contribution < -0.4 is 16.4 Å². The van der Waals surface area contributed by atoms with E-state index in [1.807, 2.05) is 0 Å². The molecule has 3 rings (SSSR count). The molecule has 0 saturated heterocycles. The van der Waals surface area contributed by atoms with E-state index in [1.54, 1.807) is 0 Å². The van der Waals surface area contributed by atoms with Gasteiger partial charge in [-0.3, -0.25) is 19.2 Å². The lowest BCUT2D eigenvalue weighted by Crippen LogP contribution is -2.58. The smallest absolute Gasteiger partial charge is 0.446 e. The second-order valence-electron chi connectivity index (χ2n) is 8.71. The average Bonchev–Trinajstić information content (AvgIpc) is 2.87. The molecule has 0 unspecified atom stereocenters. The first kappa shape index (κ1) is 30.8. The fourth-order valence-electron chi connectivity index (χ4n) is 3.72. The van der Waals surface area contributed by atoms with Crippen LogP contribution in [0.4, 0.5) is 13.2 Å². The third-order valence-electron chi connectivity index (χ3n) is 5.70. The Bertz CT molecular complexity index is 1270. The highest BCUT2D eigenvalue weighted by Crippen LogP contribution is 2.38. The van der Waals surface area contributed by atoms with Crippen molar-refractivity contribution in [2.45, 2.75) is 38.0 Å². The molecule has 0 aromatic heterocycles. The molecule has 0 aliphatic carbocycles. The second-order valence-corrected chi connectivity index (χ2v) is 8.71. The first-order valence-electron chi connectivity index (χ1n) is 11.5. The number of hydrogen-bond acceptors (Lipinski definition) is 7. The molecule has 2 aromatic carbocycles. The monoisotopic (exact) mass is 554 g/mol. The molecular weight excluding hydrogens is 527 g/mol. The minimum absolute atomic E-state index is 0.0718. The zero-order valence-electron chi connectivity index (χ0n) is 20.6. The molecule has 8 N–H and O–H groups in total. The Hall–Kier alpha value is -4.46. The molecular formula is C25H27F3N3O8+. The van der Waals surface area contributed by atoms with Crippen LogP contribution >= 0.6 is 0 Å². The summed E-state index contributed by atoms with van der Waals surface area (Å²) in [6.45, 7) is 1.38. The van der Waals surface area contributed by atoms with E-state index < -0.39 is 54.0 Å². The summed E-state index contributed by atoms with van der Waals surface area (Å²) in [6.07, 6.45) is -6.03. The van der Waals surface area contributed by atoms with Gasteiger partial charge < -0.3 is 31.7 Å². The van der Waals surface area contributed by atoms with Crippen LogP contribution in [0.3, 0.4) is 0 Å². The molecule has 1 heterocycles. The van der Waals surface area contributed by atoms with Crippen molar-refractivity contribution >= 4 is 29.9 Å². The highest BCUT2D eigenvalue weighted by molar-refractivity contribution is 5.94. The average molecular weight is 554 g/mol. The number of carboxylic acid groups (broad SMARTS) is 1. The molecule has 210 valence electrons. The zero-order chi connectivity index (χ0) is 29.5. The largest absolute Gasteiger partial charge is 0.507 e. The summed E-state index contributed by atoms with van der Waals surface area (Å²) in [5, 5.41) is 35.5. The van der Waals surface area contributed by atoms with Crippen LogP contribution in [0.1, 0.15) is 30.5 Å². The van der Waals surface area contributed by atoms with Crippen LogP contribution in [0.15, 0.2) is 36.4 Å². The van der Waals surface area contributed by atoms with Crippen molar-refractivity contribution < 1.29 is 58.2 Å². The summed E-state index contributed by atoms with van der Waals surface area (Å²) in [5.41, 5.74) is 4.78. The predicted octanol–water partition coefficient (Wildman–Crippen LogP) is 0.632. The van der Waals surface area contributed by atoms with Crippen LogP contribution in [0, 0.1) is 5.92 Å². The summed E-state index contributed by atoms with van der Waals surface area (Å²) in [7, 11) is 0. The molecule has 39 heavy (non-hydrogen) atoms. The van der Waals surface area contributed by atoms with Gasteiger partial charge in [0.1, 0.15) is 23.6 Å². The quantitative estimate of drug-likeness (QED) is 0.297. The van der Waals surface area contributed by atoms with Crippen LogP contribution in [-0.4, -0.2) is 63.9 Å². The van der Waals surface area contributed by atoms with Gasteiger partial charge in [0.2, 0.25) is 12.2 Å². The number of phenolic OH excluding ortho intramolecular Hbond substituents is 2. The molecule has 2 aromatic rings. The summed E-state index contributed by atoms with van der Waals surface area (Å²) in [6, 6.07) is 6.30. The van der Waals surface area contributed by atoms with E-state index in [9.17, 15) is 47.7 Å². The minimum atomic E-state index is -4.64. The molecule has 1 aliphatic heterocycles. The summed E-state index contributed by atoms with van der Waals surface area (Å²) in [4.78, 5) is 58.2. The SMILES string of the molecule is C[C@@H]1CC(=O)[C@@H](NC(=O)C[NH3+])c2ccc(O)c(c2)-c2cc(ccc2O)C[C@@H](C(=O)O)NC1=O.O=CC(F)(F)F. The number of quaternary nitrogens is 1. The lowest BCUT2D eigenvalue weighted by molar-refractivity contribution is -0.355. The van der Waals surface area contributed by atoms with Crippen molar-refractivity contribution in [2.24, 2.45) is 5.92 Å². The Morgan fingerprint density at radius 1 is 1.08 bits per heavy atom. The second kappa shape index (κ2) is 12.9. The van der Waals surface area contributed by atoms with Gasteiger partial charge in [-0.15, -0.1) is 0 Å². The van der Waals surface area contributed by atoms with Gasteiger partial charge in [-0.1, -0.05) is 19.1 Å². The molecule has 2 amide bonds. The fraction of sp³-hybridized carbons (Fsp3) is 0.320. The van der Waals surface area contributed by atoms with Crippen LogP contribution in [0.2, 0.25) is 0 Å². The van der Waals surface area contributed by atoms with E-state index >= 15 is 0 Å². The predicted molar refractivity (Wildman–Crippen MR) is 128 cm³/mol. The number of ketones is 1. The van der Waals surface area contributed by atoms with Crippen molar-refractivity contribution in [1.29, 1.82) is 0 Å². The Morgan fingerprint density at radius 3 is 2.18 bits per heavy atom. The maximum Gasteiger partial charge on any atom is 0.446 e. The molecule has 0 fully saturated rings. The Labute approximate surface area is 219 Å². The maximum atomic E-state index is 13.1. The number of nitrogens with one attached hydrogen (secondary N) is 2. The summed E-state index contributed by atoms with van der Waals surface area (Å²) in [5.74, 6) is -4.03. The minimum Gasteiger partial charge on any atom is -0.507 e. The van der Waals surface area contributed by atoms with Crippen molar-refractivity contribution in [3.05, 3.63) is 47.5 Å². The van der Waals surface area contributed by atoms with Crippen molar-refractivity contribution in [1.82, 2.24) is 10.6 Å². The van der Waals surface area contributed by atoms with E-state index in [4.69, 9.17) is 4.79 Å². The Balaban J connectivity index is 0.000000798. The van der Waals surface area contributed by atoms with Crippen LogP contribution in [0.5, 0.6) is 11.5 Å². The third kappa shape index (κ3) is 8.53. The lowest BCUT2D eigenvalue weighted by atomic mass is 9.90. The number of fused-ring (bicyclic) bond motifs is 5. The van der Waals surface area contributed by atoms with Gasteiger partial charge >= 0.3 is 12.1 Å². The topological polar surface area (TPSA) is 198 Å². The zero-order valence-corrected chi connectivity index (χ0v) is 20.6. The van der Waals surface area contributed by atoms with E-state index in [2.05, 4.69) is 16.4 Å². The van der Waals surface area contributed by atoms with Gasteiger partial charge in [-0.25, -0.2) is 4.79 Å².